The van der Waals surface area contributed by atoms with Crippen molar-refractivity contribution < 1.29 is 11.0 Å². The van der Waals surface area contributed by atoms with Gasteiger partial charge in [0.15, 0.2) is 12.4 Å². The monoisotopic (exact) mass is 449 g/mol. The molecule has 176 valence electrons. The third-order valence-corrected chi connectivity index (χ3v) is 4.70. The lowest BCUT2D eigenvalue weighted by Gasteiger charge is -2.20. The summed E-state index contributed by atoms with van der Waals surface area (Å²) in [5, 5.41) is 10.4. The van der Waals surface area contributed by atoms with E-state index in [1.165, 1.54) is 6.21 Å². The minimum atomic E-state index is -0.164. The molecule has 0 radical (unpaired) electrons. The van der Waals surface area contributed by atoms with Gasteiger partial charge in [-0.1, -0.05) is 32.0 Å². The summed E-state index contributed by atoms with van der Waals surface area (Å²) in [7, 11) is 1.93. The highest BCUT2D eigenvalue weighted by Gasteiger charge is 2.11. The largest absolute Gasteiger partial charge is 0.484 e. The van der Waals surface area contributed by atoms with Crippen LogP contribution < -0.4 is 15.0 Å². The smallest absolute Gasteiger partial charge is 0.258 e. The van der Waals surface area contributed by atoms with Gasteiger partial charge in [0.2, 0.25) is 0 Å². The Balaban J connectivity index is 0.00000188. The fraction of sp³-hybridized carbons (Fsp3) is 0.308. The van der Waals surface area contributed by atoms with Crippen molar-refractivity contribution in [2.45, 2.75) is 40.7 Å². The zero-order chi connectivity index (χ0) is 24.4. The van der Waals surface area contributed by atoms with Crippen LogP contribution >= 0.6 is 0 Å². The summed E-state index contributed by atoms with van der Waals surface area (Å²) in [6.07, 6.45) is 3.06. The molecule has 0 unspecified atom stereocenters. The third kappa shape index (κ3) is 7.14. The van der Waals surface area contributed by atoms with Gasteiger partial charge >= 0.3 is 0 Å². The minimum Gasteiger partial charge on any atom is -0.484 e. The molecule has 3 aromatic rings. The number of rotatable bonds is 8. The number of aryl methyl sites for hydroxylation is 1. The molecule has 2 N–H and O–H groups in total. The lowest BCUT2D eigenvalue weighted by molar-refractivity contribution is -0.123. The molecule has 0 spiro atoms. The zero-order valence-electron chi connectivity index (χ0n) is 20.2. The quantitative estimate of drug-likeness (QED) is 0.450. The van der Waals surface area contributed by atoms with E-state index in [1.54, 1.807) is 12.3 Å². The van der Waals surface area contributed by atoms with Crippen molar-refractivity contribution in [2.24, 2.45) is 0 Å². The Morgan fingerprint density at radius 2 is 1.97 bits per heavy atom. The summed E-state index contributed by atoms with van der Waals surface area (Å²) in [4.78, 5) is 22.9. The van der Waals surface area contributed by atoms with Gasteiger partial charge in [-0.15, -0.1) is 0 Å². The van der Waals surface area contributed by atoms with Crippen LogP contribution in [0, 0.1) is 12.3 Å². The molecule has 0 fully saturated rings. The Hall–Kier alpha value is -3.74. The molecule has 3 rings (SSSR count). The normalized spacial score (nSPS) is 10.2. The maximum Gasteiger partial charge on any atom is 0.258 e. The Labute approximate surface area is 197 Å². The van der Waals surface area contributed by atoms with E-state index in [-0.39, 0.29) is 20.0 Å². The van der Waals surface area contributed by atoms with Crippen molar-refractivity contribution in [3.8, 4) is 17.1 Å². The molecular formula is C26H35N5O2. The van der Waals surface area contributed by atoms with E-state index < -0.39 is 0 Å². The van der Waals surface area contributed by atoms with E-state index in [4.69, 9.17) is 15.1 Å². The van der Waals surface area contributed by atoms with Crippen molar-refractivity contribution in [1.29, 1.82) is 5.41 Å². The van der Waals surface area contributed by atoms with E-state index in [1.807, 2.05) is 89.0 Å². The number of benzene rings is 2. The second kappa shape index (κ2) is 12.3. The topological polar surface area (TPSA) is 91.2 Å². The first-order valence-electron chi connectivity index (χ1n) is 11.1. The first-order chi connectivity index (χ1) is 15.9. The average Bonchev–Trinajstić information content (AvgIpc) is 2.84. The highest BCUT2D eigenvalue weighted by molar-refractivity contribution is 5.82. The predicted octanol–water partition coefficient (Wildman–Crippen LogP) is 5.39. The van der Waals surface area contributed by atoms with Crippen molar-refractivity contribution in [1.82, 2.24) is 15.3 Å². The fourth-order valence-electron chi connectivity index (χ4n) is 3.04. The Morgan fingerprint density at radius 1 is 1.21 bits per heavy atom. The SMILES string of the molecule is CC.Cc1ccc(N(C)c2ccnc(-c3cccc(OCC(=O)NC(C)C)c3)n2)cc1C=N.[HH]. The van der Waals surface area contributed by atoms with E-state index in [0.29, 0.717) is 11.6 Å². The van der Waals surface area contributed by atoms with E-state index >= 15 is 0 Å². The molecule has 0 bridgehead atoms. The van der Waals surface area contributed by atoms with Crippen LogP contribution in [0.2, 0.25) is 0 Å². The molecule has 1 amide bonds. The van der Waals surface area contributed by atoms with Gasteiger partial charge in [0.1, 0.15) is 11.6 Å². The molecule has 0 aliphatic carbocycles. The van der Waals surface area contributed by atoms with Gasteiger partial charge in [-0.05, 0) is 62.2 Å². The summed E-state index contributed by atoms with van der Waals surface area (Å²) in [5.74, 6) is 1.70. The van der Waals surface area contributed by atoms with Gasteiger partial charge in [-0.2, -0.15) is 0 Å². The van der Waals surface area contributed by atoms with E-state index in [2.05, 4.69) is 10.3 Å². The zero-order valence-corrected chi connectivity index (χ0v) is 20.2. The third-order valence-electron chi connectivity index (χ3n) is 4.70. The number of amides is 1. The molecular weight excluding hydrogens is 414 g/mol. The molecule has 0 saturated heterocycles. The van der Waals surface area contributed by atoms with Crippen LogP contribution in [0.5, 0.6) is 5.75 Å². The number of anilines is 2. The van der Waals surface area contributed by atoms with E-state index in [9.17, 15) is 4.79 Å². The number of ether oxygens (including phenoxy) is 1. The molecule has 1 heterocycles. The molecule has 0 aliphatic rings. The number of aromatic nitrogens is 2. The molecule has 1 aromatic heterocycles. The number of carbonyl (C=O) groups excluding carboxylic acids is 1. The number of nitrogens with one attached hydrogen (secondary N) is 2. The summed E-state index contributed by atoms with van der Waals surface area (Å²) in [6, 6.07) is 15.2. The summed E-state index contributed by atoms with van der Waals surface area (Å²) in [5.41, 5.74) is 3.64. The lowest BCUT2D eigenvalue weighted by atomic mass is 10.1. The maximum absolute atomic E-state index is 11.8. The van der Waals surface area contributed by atoms with Crippen LogP contribution in [0.3, 0.4) is 0 Å². The molecule has 33 heavy (non-hydrogen) atoms. The van der Waals surface area contributed by atoms with Crippen molar-refractivity contribution >= 4 is 23.6 Å². The summed E-state index contributed by atoms with van der Waals surface area (Å²) >= 11 is 0. The van der Waals surface area contributed by atoms with Crippen LogP contribution in [-0.2, 0) is 4.79 Å². The Kier molecular flexibility index (Phi) is 9.54. The van der Waals surface area contributed by atoms with Crippen LogP contribution in [0.15, 0.2) is 54.7 Å². The van der Waals surface area contributed by atoms with Gasteiger partial charge in [-0.25, -0.2) is 9.97 Å². The van der Waals surface area contributed by atoms with Gasteiger partial charge < -0.3 is 20.4 Å². The molecule has 0 atom stereocenters. The van der Waals surface area contributed by atoms with Crippen LogP contribution in [-0.4, -0.2) is 41.8 Å². The molecule has 0 aliphatic heterocycles. The summed E-state index contributed by atoms with van der Waals surface area (Å²) < 4.78 is 5.62. The van der Waals surface area contributed by atoms with Crippen LogP contribution in [0.25, 0.3) is 11.4 Å². The standard InChI is InChI=1S/C24H27N5O2.C2H6.H2/c1-16(2)27-23(30)15-31-21-7-5-6-18(13-21)24-26-11-10-22(28-24)29(4)20-9-8-17(3)19(12-20)14-25;1-2;/h5-14,16,25H,15H2,1-4H3,(H,27,30);1-2H3;1H. The average molecular weight is 450 g/mol. The van der Waals surface area contributed by atoms with Crippen molar-refractivity contribution in [3.05, 3.63) is 65.9 Å². The highest BCUT2D eigenvalue weighted by atomic mass is 16.5. The number of hydrogen-bond donors (Lipinski definition) is 2. The van der Waals surface area contributed by atoms with Crippen LogP contribution in [0.1, 0.15) is 40.2 Å². The highest BCUT2D eigenvalue weighted by Crippen LogP contribution is 2.26. The Morgan fingerprint density at radius 3 is 2.67 bits per heavy atom. The number of carbonyl (C=O) groups is 1. The van der Waals surface area contributed by atoms with Crippen molar-refractivity contribution in [2.75, 3.05) is 18.6 Å². The summed E-state index contributed by atoms with van der Waals surface area (Å²) in [6.45, 7) is 9.74. The molecule has 7 nitrogen and oxygen atoms in total. The second-order valence-electron chi connectivity index (χ2n) is 7.52. The molecule has 7 heteroatoms. The van der Waals surface area contributed by atoms with Crippen molar-refractivity contribution in [3.63, 3.8) is 0 Å². The fourth-order valence-corrected chi connectivity index (χ4v) is 3.04. The van der Waals surface area contributed by atoms with E-state index in [0.717, 1.165) is 28.2 Å². The molecule has 2 aromatic carbocycles. The molecule has 0 saturated carbocycles. The Bertz CT molecular complexity index is 1090. The first kappa shape index (κ1) is 25.5. The number of nitrogens with zero attached hydrogens (tertiary/aromatic N) is 3. The van der Waals surface area contributed by atoms with Gasteiger partial charge in [0.25, 0.3) is 5.91 Å². The van der Waals surface area contributed by atoms with Crippen LogP contribution in [0.4, 0.5) is 11.5 Å². The predicted molar refractivity (Wildman–Crippen MR) is 137 cm³/mol. The number of hydrogen-bond acceptors (Lipinski definition) is 6. The maximum atomic E-state index is 11.8. The minimum absolute atomic E-state index is 0. The van der Waals surface area contributed by atoms with Gasteiger partial charge in [0.05, 0.1) is 0 Å². The second-order valence-corrected chi connectivity index (χ2v) is 7.52. The lowest BCUT2D eigenvalue weighted by Crippen LogP contribution is -2.34. The first-order valence-corrected chi connectivity index (χ1v) is 11.1. The van der Waals surface area contributed by atoms with Gasteiger partial charge in [0, 0.05) is 38.2 Å². The van der Waals surface area contributed by atoms with Gasteiger partial charge in [-0.3, -0.25) is 4.79 Å².